The number of carbonyl (C=O) groups excluding carboxylic acids is 2. The van der Waals surface area contributed by atoms with Crippen molar-refractivity contribution in [2.45, 2.75) is 45.8 Å². The molecule has 0 heterocycles. The zero-order chi connectivity index (χ0) is 16.6. The van der Waals surface area contributed by atoms with E-state index in [2.05, 4.69) is 0 Å². The van der Waals surface area contributed by atoms with Gasteiger partial charge in [-0.15, -0.1) is 0 Å². The molecule has 22 heavy (non-hydrogen) atoms. The molecule has 1 aromatic rings. The van der Waals surface area contributed by atoms with E-state index in [9.17, 15) is 14.7 Å². The molecule has 0 saturated carbocycles. The molecule has 122 valence electrons. The molecule has 0 unspecified atom stereocenters. The lowest BCUT2D eigenvalue weighted by molar-refractivity contribution is -0.162. The number of rotatable bonds is 7. The fourth-order valence-corrected chi connectivity index (χ4v) is 1.77. The van der Waals surface area contributed by atoms with Crippen LogP contribution < -0.4 is 0 Å². The fraction of sp³-hybridized carbons (Fsp3) is 0.529. The summed E-state index contributed by atoms with van der Waals surface area (Å²) in [6, 6.07) is 9.36. The molecule has 0 radical (unpaired) electrons. The van der Waals surface area contributed by atoms with E-state index >= 15 is 0 Å². The molecule has 0 fully saturated rings. The molecule has 0 spiro atoms. The van der Waals surface area contributed by atoms with Gasteiger partial charge in [-0.1, -0.05) is 30.3 Å². The van der Waals surface area contributed by atoms with E-state index in [1.807, 2.05) is 30.3 Å². The van der Waals surface area contributed by atoms with E-state index in [0.29, 0.717) is 0 Å². The average Bonchev–Trinajstić information content (AvgIpc) is 2.45. The van der Waals surface area contributed by atoms with Crippen LogP contribution in [0.3, 0.4) is 0 Å². The van der Waals surface area contributed by atoms with Gasteiger partial charge in [-0.05, 0) is 32.8 Å². The van der Waals surface area contributed by atoms with Crippen LogP contribution in [0.4, 0.5) is 0 Å². The van der Waals surface area contributed by atoms with Gasteiger partial charge in [-0.25, -0.2) is 0 Å². The molecule has 0 aliphatic carbocycles. The van der Waals surface area contributed by atoms with Crippen molar-refractivity contribution in [2.24, 2.45) is 5.92 Å². The lowest BCUT2D eigenvalue weighted by Gasteiger charge is -2.22. The number of hydrogen-bond donors (Lipinski definition) is 1. The van der Waals surface area contributed by atoms with E-state index in [4.69, 9.17) is 9.47 Å². The third-order valence-corrected chi connectivity index (χ3v) is 2.90. The fourth-order valence-electron chi connectivity index (χ4n) is 1.77. The standard InChI is InChI=1S/C17H24O5/c1-17(2,3)22-16(20)14(11-18)9-10-15(19)21-12-13-7-5-4-6-8-13/h4-8,14,18H,9-12H2,1-3H3/t14-/m0/s1. The zero-order valence-electron chi connectivity index (χ0n) is 13.4. The summed E-state index contributed by atoms with van der Waals surface area (Å²) in [6.07, 6.45) is 0.274. The van der Waals surface area contributed by atoms with E-state index in [1.54, 1.807) is 20.8 Å². The summed E-state index contributed by atoms with van der Waals surface area (Å²) in [5.41, 5.74) is 0.292. The van der Waals surface area contributed by atoms with Crippen molar-refractivity contribution in [1.29, 1.82) is 0 Å². The van der Waals surface area contributed by atoms with Crippen LogP contribution >= 0.6 is 0 Å². The zero-order valence-corrected chi connectivity index (χ0v) is 13.4. The van der Waals surface area contributed by atoms with Crippen LogP contribution in [0.2, 0.25) is 0 Å². The second kappa shape index (κ2) is 8.54. The Morgan fingerprint density at radius 3 is 2.36 bits per heavy atom. The maximum absolute atomic E-state index is 11.8. The summed E-state index contributed by atoms with van der Waals surface area (Å²) in [5, 5.41) is 9.26. The first-order valence-electron chi connectivity index (χ1n) is 7.35. The Morgan fingerprint density at radius 1 is 1.18 bits per heavy atom. The van der Waals surface area contributed by atoms with Crippen molar-refractivity contribution in [1.82, 2.24) is 0 Å². The Kier molecular flexibility index (Phi) is 7.05. The largest absolute Gasteiger partial charge is 0.461 e. The molecule has 0 aliphatic heterocycles. The van der Waals surface area contributed by atoms with Crippen LogP contribution in [0.25, 0.3) is 0 Å². The number of hydrogen-bond acceptors (Lipinski definition) is 5. The van der Waals surface area contributed by atoms with Gasteiger partial charge in [0, 0.05) is 6.42 Å². The SMILES string of the molecule is CC(C)(C)OC(=O)[C@H](CO)CCC(=O)OCc1ccccc1. The Hall–Kier alpha value is -1.88. The minimum absolute atomic E-state index is 0.0668. The van der Waals surface area contributed by atoms with Crippen molar-refractivity contribution in [3.8, 4) is 0 Å². The summed E-state index contributed by atoms with van der Waals surface area (Å²) >= 11 is 0. The molecule has 1 aromatic carbocycles. The highest BCUT2D eigenvalue weighted by Gasteiger charge is 2.25. The lowest BCUT2D eigenvalue weighted by Crippen LogP contribution is -2.30. The van der Waals surface area contributed by atoms with Crippen molar-refractivity contribution < 1.29 is 24.2 Å². The molecule has 1 N–H and O–H groups in total. The summed E-state index contributed by atoms with van der Waals surface area (Å²) < 4.78 is 10.3. The Balaban J connectivity index is 2.36. The van der Waals surface area contributed by atoms with Crippen molar-refractivity contribution >= 4 is 11.9 Å². The van der Waals surface area contributed by atoms with Gasteiger partial charge in [-0.2, -0.15) is 0 Å². The van der Waals surface area contributed by atoms with Gasteiger partial charge in [0.25, 0.3) is 0 Å². The van der Waals surface area contributed by atoms with Crippen LogP contribution in [0.1, 0.15) is 39.2 Å². The van der Waals surface area contributed by atoms with Gasteiger partial charge >= 0.3 is 11.9 Å². The van der Waals surface area contributed by atoms with Crippen molar-refractivity contribution in [3.63, 3.8) is 0 Å². The molecular weight excluding hydrogens is 284 g/mol. The number of carbonyl (C=O) groups is 2. The first kappa shape index (κ1) is 18.2. The van der Waals surface area contributed by atoms with Crippen LogP contribution in [-0.2, 0) is 25.7 Å². The van der Waals surface area contributed by atoms with E-state index in [0.717, 1.165) is 5.56 Å². The predicted octanol–water partition coefficient (Wildman–Crippen LogP) is 2.46. The smallest absolute Gasteiger partial charge is 0.311 e. The normalized spacial score (nSPS) is 12.5. The first-order valence-corrected chi connectivity index (χ1v) is 7.35. The van der Waals surface area contributed by atoms with Gasteiger partial charge in [0.05, 0.1) is 12.5 Å². The highest BCUT2D eigenvalue weighted by molar-refractivity contribution is 5.75. The minimum atomic E-state index is -0.705. The second-order valence-corrected chi connectivity index (χ2v) is 6.10. The molecule has 1 atom stereocenters. The number of aliphatic hydroxyl groups is 1. The Labute approximate surface area is 131 Å². The molecule has 0 bridgehead atoms. The lowest BCUT2D eigenvalue weighted by atomic mass is 10.0. The molecule has 0 amide bonds. The summed E-state index contributed by atoms with van der Waals surface area (Å²) in [5.74, 6) is -1.60. The first-order chi connectivity index (χ1) is 10.3. The molecule has 0 aliphatic rings. The number of benzene rings is 1. The molecule has 5 nitrogen and oxygen atoms in total. The van der Waals surface area contributed by atoms with Crippen LogP contribution in [0, 0.1) is 5.92 Å². The number of esters is 2. The van der Waals surface area contributed by atoms with Crippen molar-refractivity contribution in [3.05, 3.63) is 35.9 Å². The number of aliphatic hydroxyl groups excluding tert-OH is 1. The monoisotopic (exact) mass is 308 g/mol. The molecular formula is C17H24O5. The highest BCUT2D eigenvalue weighted by atomic mass is 16.6. The third kappa shape index (κ3) is 7.22. The summed E-state index contributed by atoms with van der Waals surface area (Å²) in [6.45, 7) is 5.13. The minimum Gasteiger partial charge on any atom is -0.461 e. The van der Waals surface area contributed by atoms with Gasteiger partial charge < -0.3 is 14.6 Å². The van der Waals surface area contributed by atoms with Crippen LogP contribution in [0.5, 0.6) is 0 Å². The Bertz CT molecular complexity index is 476. The summed E-state index contributed by atoms with van der Waals surface area (Å²) in [7, 11) is 0. The predicted molar refractivity (Wildman–Crippen MR) is 81.9 cm³/mol. The second-order valence-electron chi connectivity index (χ2n) is 6.10. The van der Waals surface area contributed by atoms with Gasteiger partial charge in [0.15, 0.2) is 0 Å². The van der Waals surface area contributed by atoms with Gasteiger partial charge in [-0.3, -0.25) is 9.59 Å². The van der Waals surface area contributed by atoms with Crippen LogP contribution in [0.15, 0.2) is 30.3 Å². The molecule has 1 rings (SSSR count). The van der Waals surface area contributed by atoms with Gasteiger partial charge in [0.1, 0.15) is 12.2 Å². The Morgan fingerprint density at radius 2 is 1.82 bits per heavy atom. The molecule has 0 saturated heterocycles. The summed E-state index contributed by atoms with van der Waals surface area (Å²) in [4.78, 5) is 23.5. The number of ether oxygens (including phenoxy) is 2. The molecule has 0 aromatic heterocycles. The quantitative estimate of drug-likeness (QED) is 0.783. The van der Waals surface area contributed by atoms with Crippen LogP contribution in [-0.4, -0.2) is 29.3 Å². The molecule has 5 heteroatoms. The third-order valence-electron chi connectivity index (χ3n) is 2.90. The van der Waals surface area contributed by atoms with E-state index in [-0.39, 0.29) is 26.1 Å². The van der Waals surface area contributed by atoms with E-state index < -0.39 is 23.5 Å². The van der Waals surface area contributed by atoms with Gasteiger partial charge in [0.2, 0.25) is 0 Å². The van der Waals surface area contributed by atoms with E-state index in [1.165, 1.54) is 0 Å². The maximum Gasteiger partial charge on any atom is 0.311 e. The average molecular weight is 308 g/mol. The maximum atomic E-state index is 11.8. The topological polar surface area (TPSA) is 72.8 Å². The van der Waals surface area contributed by atoms with Crippen molar-refractivity contribution in [2.75, 3.05) is 6.61 Å². The highest BCUT2D eigenvalue weighted by Crippen LogP contribution is 2.15.